The number of rotatable bonds is 3. The Hall–Kier alpha value is -0.680. The molecule has 19 heavy (non-hydrogen) atoms. The van der Waals surface area contributed by atoms with Gasteiger partial charge in [-0.2, -0.15) is 0 Å². The molecule has 0 aromatic heterocycles. The summed E-state index contributed by atoms with van der Waals surface area (Å²) < 4.78 is 27.8. The highest BCUT2D eigenvalue weighted by Crippen LogP contribution is 2.30. The first-order chi connectivity index (χ1) is 8.65. The van der Waals surface area contributed by atoms with E-state index in [1.807, 2.05) is 4.90 Å². The van der Waals surface area contributed by atoms with Crippen molar-refractivity contribution in [2.24, 2.45) is 0 Å². The van der Waals surface area contributed by atoms with E-state index < -0.39 is 17.7 Å². The monoisotopic (exact) mass is 308 g/mol. The first kappa shape index (κ1) is 16.4. The van der Waals surface area contributed by atoms with E-state index in [-0.39, 0.29) is 23.0 Å². The molecule has 1 fully saturated rings. The van der Waals surface area contributed by atoms with Gasteiger partial charge in [-0.1, -0.05) is 17.7 Å². The molecule has 1 N–H and O–H groups in total. The van der Waals surface area contributed by atoms with Crippen molar-refractivity contribution in [2.45, 2.75) is 6.04 Å². The van der Waals surface area contributed by atoms with E-state index in [0.717, 1.165) is 26.2 Å². The van der Waals surface area contributed by atoms with Crippen molar-refractivity contribution in [3.8, 4) is 0 Å². The molecule has 106 valence electrons. The molecule has 1 atom stereocenters. The molecule has 2 rings (SSSR count). The molecule has 1 aliphatic rings. The minimum absolute atomic E-state index is 0. The molecule has 0 radical (unpaired) electrons. The Morgan fingerprint density at radius 3 is 2.53 bits per heavy atom. The highest BCUT2D eigenvalue weighted by molar-refractivity contribution is 6.30. The zero-order valence-electron chi connectivity index (χ0n) is 10.3. The maximum Gasteiger partial charge on any atom is 0.149 e. The standard InChI is InChI=1S/C13H15ClF2N2.ClH/c1-2-11(18-7-5-17-6-8-18)12-10(15)4-3-9(14)13(12)16;/h2-4,11,17H,1,5-8H2;1H/t11-;/m0./s1. The highest BCUT2D eigenvalue weighted by Gasteiger charge is 2.26. The third-order valence-electron chi connectivity index (χ3n) is 3.14. The van der Waals surface area contributed by atoms with Crippen molar-refractivity contribution in [3.63, 3.8) is 0 Å². The zero-order valence-corrected chi connectivity index (χ0v) is 11.9. The van der Waals surface area contributed by atoms with Gasteiger partial charge >= 0.3 is 0 Å². The summed E-state index contributed by atoms with van der Waals surface area (Å²) in [4.78, 5) is 1.99. The van der Waals surface area contributed by atoms with Crippen molar-refractivity contribution >= 4 is 24.0 Å². The lowest BCUT2D eigenvalue weighted by Gasteiger charge is -2.33. The van der Waals surface area contributed by atoms with Crippen LogP contribution in [0.4, 0.5) is 8.78 Å². The fraction of sp³-hybridized carbons (Fsp3) is 0.385. The molecule has 6 heteroatoms. The summed E-state index contributed by atoms with van der Waals surface area (Å²) in [5.74, 6) is -1.28. The fourth-order valence-corrected chi connectivity index (χ4v) is 2.39. The topological polar surface area (TPSA) is 15.3 Å². The van der Waals surface area contributed by atoms with Gasteiger partial charge in [-0.25, -0.2) is 8.78 Å². The maximum absolute atomic E-state index is 14.0. The van der Waals surface area contributed by atoms with E-state index in [0.29, 0.717) is 0 Å². The van der Waals surface area contributed by atoms with Gasteiger partial charge in [0.1, 0.15) is 11.6 Å². The van der Waals surface area contributed by atoms with Gasteiger partial charge in [-0.3, -0.25) is 4.90 Å². The largest absolute Gasteiger partial charge is 0.314 e. The molecule has 0 aliphatic carbocycles. The van der Waals surface area contributed by atoms with Crippen LogP contribution in [0, 0.1) is 11.6 Å². The van der Waals surface area contributed by atoms with E-state index in [1.54, 1.807) is 6.08 Å². The average Bonchev–Trinajstić information content (AvgIpc) is 2.40. The molecule has 0 spiro atoms. The molecule has 0 bridgehead atoms. The van der Waals surface area contributed by atoms with Crippen molar-refractivity contribution in [2.75, 3.05) is 26.2 Å². The Kier molecular flexibility index (Phi) is 6.20. The summed E-state index contributed by atoms with van der Waals surface area (Å²) in [6, 6.07) is 1.94. The molecule has 0 unspecified atom stereocenters. The predicted molar refractivity (Wildman–Crippen MR) is 76.0 cm³/mol. The number of hydrogen-bond donors (Lipinski definition) is 1. The Balaban J connectivity index is 0.00000180. The van der Waals surface area contributed by atoms with E-state index >= 15 is 0 Å². The lowest BCUT2D eigenvalue weighted by atomic mass is 10.0. The van der Waals surface area contributed by atoms with Crippen LogP contribution >= 0.6 is 24.0 Å². The zero-order chi connectivity index (χ0) is 13.1. The second kappa shape index (κ2) is 7.20. The van der Waals surface area contributed by atoms with Crippen LogP contribution in [0.3, 0.4) is 0 Å². The third-order valence-corrected chi connectivity index (χ3v) is 3.44. The van der Waals surface area contributed by atoms with Crippen LogP contribution in [0.2, 0.25) is 5.02 Å². The maximum atomic E-state index is 14.0. The first-order valence-electron chi connectivity index (χ1n) is 5.86. The van der Waals surface area contributed by atoms with Crippen LogP contribution in [-0.4, -0.2) is 31.1 Å². The summed E-state index contributed by atoms with van der Waals surface area (Å²) >= 11 is 5.72. The molecule has 1 aliphatic heterocycles. The molecular formula is C13H16Cl2F2N2. The number of benzene rings is 1. The van der Waals surface area contributed by atoms with Crippen molar-refractivity contribution < 1.29 is 8.78 Å². The average molecular weight is 309 g/mol. The van der Waals surface area contributed by atoms with E-state index in [1.165, 1.54) is 12.1 Å². The van der Waals surface area contributed by atoms with Crippen LogP contribution in [0.15, 0.2) is 24.8 Å². The van der Waals surface area contributed by atoms with Crippen LogP contribution in [-0.2, 0) is 0 Å². The molecule has 1 heterocycles. The van der Waals surface area contributed by atoms with Gasteiger partial charge in [-0.15, -0.1) is 19.0 Å². The molecule has 0 amide bonds. The first-order valence-corrected chi connectivity index (χ1v) is 6.23. The second-order valence-corrected chi connectivity index (χ2v) is 4.63. The number of hydrogen-bond acceptors (Lipinski definition) is 2. The van der Waals surface area contributed by atoms with Crippen LogP contribution in [0.1, 0.15) is 11.6 Å². The highest BCUT2D eigenvalue weighted by atomic mass is 35.5. The molecule has 1 aromatic carbocycles. The summed E-state index contributed by atoms with van der Waals surface area (Å²) in [7, 11) is 0. The van der Waals surface area contributed by atoms with Crippen LogP contribution in [0.5, 0.6) is 0 Å². The molecule has 1 aromatic rings. The molecule has 0 saturated carbocycles. The smallest absolute Gasteiger partial charge is 0.149 e. The lowest BCUT2D eigenvalue weighted by Crippen LogP contribution is -2.45. The summed E-state index contributed by atoms with van der Waals surface area (Å²) in [6.45, 7) is 6.73. The Morgan fingerprint density at radius 2 is 1.95 bits per heavy atom. The number of nitrogens with one attached hydrogen (secondary N) is 1. The van der Waals surface area contributed by atoms with Crippen LogP contribution < -0.4 is 5.32 Å². The van der Waals surface area contributed by atoms with Crippen molar-refractivity contribution in [1.29, 1.82) is 0 Å². The number of piperazine rings is 1. The van der Waals surface area contributed by atoms with Gasteiger partial charge in [-0.05, 0) is 12.1 Å². The van der Waals surface area contributed by atoms with Gasteiger partial charge in [0.05, 0.1) is 11.1 Å². The van der Waals surface area contributed by atoms with E-state index in [4.69, 9.17) is 11.6 Å². The lowest BCUT2D eigenvalue weighted by molar-refractivity contribution is 0.197. The third kappa shape index (κ3) is 3.45. The van der Waals surface area contributed by atoms with E-state index in [9.17, 15) is 8.78 Å². The van der Waals surface area contributed by atoms with Gasteiger partial charge in [0.2, 0.25) is 0 Å². The summed E-state index contributed by atoms with van der Waals surface area (Å²) in [5, 5.41) is 3.13. The quantitative estimate of drug-likeness (QED) is 0.681. The fourth-order valence-electron chi connectivity index (χ4n) is 2.22. The Morgan fingerprint density at radius 1 is 1.32 bits per heavy atom. The van der Waals surface area contributed by atoms with Crippen molar-refractivity contribution in [3.05, 3.63) is 47.0 Å². The predicted octanol–water partition coefficient (Wildman–Crippen LogP) is 3.17. The van der Waals surface area contributed by atoms with Gasteiger partial charge in [0.15, 0.2) is 0 Å². The minimum atomic E-state index is -0.694. The minimum Gasteiger partial charge on any atom is -0.314 e. The van der Waals surface area contributed by atoms with Gasteiger partial charge in [0, 0.05) is 31.7 Å². The van der Waals surface area contributed by atoms with Crippen LogP contribution in [0.25, 0.3) is 0 Å². The van der Waals surface area contributed by atoms with Crippen molar-refractivity contribution in [1.82, 2.24) is 10.2 Å². The molecule has 1 saturated heterocycles. The normalized spacial score (nSPS) is 17.6. The molecular weight excluding hydrogens is 293 g/mol. The number of halogens is 4. The number of nitrogens with zero attached hydrogens (tertiary/aromatic N) is 1. The summed E-state index contributed by atoms with van der Waals surface area (Å²) in [5.41, 5.74) is -0.0144. The Bertz CT molecular complexity index is 449. The van der Waals surface area contributed by atoms with Gasteiger partial charge < -0.3 is 5.32 Å². The second-order valence-electron chi connectivity index (χ2n) is 4.22. The molecule has 2 nitrogen and oxygen atoms in total. The van der Waals surface area contributed by atoms with E-state index in [2.05, 4.69) is 11.9 Å². The summed E-state index contributed by atoms with van der Waals surface area (Å²) in [6.07, 6.45) is 1.56. The Labute approximate surface area is 122 Å². The SMILES string of the molecule is C=C[C@@H](c1c(F)ccc(Cl)c1F)N1CCNCC1.Cl. The van der Waals surface area contributed by atoms with Gasteiger partial charge in [0.25, 0.3) is 0 Å².